The van der Waals surface area contributed by atoms with E-state index in [1.54, 1.807) is 0 Å². The van der Waals surface area contributed by atoms with Crippen molar-refractivity contribution in [3.63, 3.8) is 0 Å². The Morgan fingerprint density at radius 1 is 1.50 bits per heavy atom. The molecule has 5 heteroatoms. The minimum atomic E-state index is -4.18. The summed E-state index contributed by atoms with van der Waals surface area (Å²) < 4.78 is 36.3. The molecule has 12 heavy (non-hydrogen) atoms. The van der Waals surface area contributed by atoms with E-state index in [9.17, 15) is 13.2 Å². The summed E-state index contributed by atoms with van der Waals surface area (Å²) in [5.41, 5.74) is 0. The molecule has 0 aromatic heterocycles. The van der Waals surface area contributed by atoms with E-state index in [1.807, 2.05) is 0 Å². The molecule has 2 unspecified atom stereocenters. The van der Waals surface area contributed by atoms with Crippen LogP contribution in [0.4, 0.5) is 13.2 Å². The molecule has 0 radical (unpaired) electrons. The SMILES string of the molecule is CC(N1CCC(O)C1)C(F)(F)F. The van der Waals surface area contributed by atoms with Crippen molar-refractivity contribution >= 4 is 0 Å². The Labute approximate surface area is 69.0 Å². The molecule has 2 nitrogen and oxygen atoms in total. The highest BCUT2D eigenvalue weighted by Gasteiger charge is 2.42. The monoisotopic (exact) mass is 183 g/mol. The zero-order chi connectivity index (χ0) is 9.35. The first-order chi connectivity index (χ1) is 5.41. The van der Waals surface area contributed by atoms with Crippen LogP contribution in [-0.4, -0.2) is 41.4 Å². The molecule has 1 heterocycles. The molecule has 0 aromatic carbocycles. The smallest absolute Gasteiger partial charge is 0.392 e. The average molecular weight is 183 g/mol. The minimum absolute atomic E-state index is 0.140. The predicted molar refractivity (Wildman–Crippen MR) is 37.7 cm³/mol. The number of nitrogens with zero attached hydrogens (tertiary/aromatic N) is 1. The largest absolute Gasteiger partial charge is 0.403 e. The van der Waals surface area contributed by atoms with Gasteiger partial charge in [-0.05, 0) is 13.3 Å². The summed E-state index contributed by atoms with van der Waals surface area (Å²) in [6.45, 7) is 1.60. The first-order valence-corrected chi connectivity index (χ1v) is 3.90. The number of hydrogen-bond acceptors (Lipinski definition) is 2. The van der Waals surface area contributed by atoms with Gasteiger partial charge in [0.2, 0.25) is 0 Å². The summed E-state index contributed by atoms with van der Waals surface area (Å²) in [7, 11) is 0. The summed E-state index contributed by atoms with van der Waals surface area (Å²) in [6.07, 6.45) is -4.32. The van der Waals surface area contributed by atoms with Gasteiger partial charge in [0.15, 0.2) is 0 Å². The van der Waals surface area contributed by atoms with Crippen LogP contribution in [-0.2, 0) is 0 Å². The first-order valence-electron chi connectivity index (χ1n) is 3.90. The lowest BCUT2D eigenvalue weighted by Gasteiger charge is -2.25. The van der Waals surface area contributed by atoms with E-state index < -0.39 is 18.3 Å². The Kier molecular flexibility index (Phi) is 2.63. The standard InChI is InChI=1S/C7H12F3NO/c1-5(7(8,9)10)11-3-2-6(12)4-11/h5-6,12H,2-4H2,1H3. The molecule has 0 saturated carbocycles. The molecular formula is C7H12F3NO. The van der Waals surface area contributed by atoms with Gasteiger partial charge in [0.25, 0.3) is 0 Å². The molecule has 72 valence electrons. The molecule has 0 spiro atoms. The maximum atomic E-state index is 12.1. The van der Waals surface area contributed by atoms with Crippen LogP contribution in [0.3, 0.4) is 0 Å². The van der Waals surface area contributed by atoms with E-state index >= 15 is 0 Å². The van der Waals surface area contributed by atoms with E-state index in [2.05, 4.69) is 0 Å². The van der Waals surface area contributed by atoms with Crippen LogP contribution in [0, 0.1) is 0 Å². The van der Waals surface area contributed by atoms with E-state index in [0.29, 0.717) is 13.0 Å². The zero-order valence-corrected chi connectivity index (χ0v) is 6.80. The van der Waals surface area contributed by atoms with Gasteiger partial charge < -0.3 is 5.11 Å². The van der Waals surface area contributed by atoms with E-state index in [-0.39, 0.29) is 6.54 Å². The minimum Gasteiger partial charge on any atom is -0.392 e. The lowest BCUT2D eigenvalue weighted by Crippen LogP contribution is -2.42. The average Bonchev–Trinajstić information content (AvgIpc) is 2.32. The third kappa shape index (κ3) is 2.10. The van der Waals surface area contributed by atoms with Crippen molar-refractivity contribution in [2.45, 2.75) is 31.7 Å². The first kappa shape index (κ1) is 9.80. The number of aliphatic hydroxyl groups excluding tert-OH is 1. The lowest BCUT2D eigenvalue weighted by atomic mass is 10.3. The number of rotatable bonds is 1. The van der Waals surface area contributed by atoms with Crippen LogP contribution in [0.25, 0.3) is 0 Å². The highest BCUT2D eigenvalue weighted by atomic mass is 19.4. The molecule has 0 bridgehead atoms. The van der Waals surface area contributed by atoms with Crippen molar-refractivity contribution in [3.8, 4) is 0 Å². The molecule has 1 N–H and O–H groups in total. The number of halogens is 3. The van der Waals surface area contributed by atoms with Crippen LogP contribution in [0.5, 0.6) is 0 Å². The normalized spacial score (nSPS) is 29.2. The van der Waals surface area contributed by atoms with Gasteiger partial charge in [0.05, 0.1) is 6.10 Å². The van der Waals surface area contributed by atoms with Crippen LogP contribution < -0.4 is 0 Å². The molecule has 1 aliphatic heterocycles. The maximum absolute atomic E-state index is 12.1. The summed E-state index contributed by atoms with van der Waals surface area (Å²) in [4.78, 5) is 1.25. The summed E-state index contributed by atoms with van der Waals surface area (Å²) >= 11 is 0. The molecule has 1 saturated heterocycles. The Bertz CT molecular complexity index is 159. The van der Waals surface area contributed by atoms with Crippen molar-refractivity contribution in [2.24, 2.45) is 0 Å². The van der Waals surface area contributed by atoms with Gasteiger partial charge >= 0.3 is 6.18 Å². The fourth-order valence-corrected chi connectivity index (χ4v) is 1.33. The number of likely N-dealkylation sites (tertiary alicyclic amines) is 1. The van der Waals surface area contributed by atoms with Crippen LogP contribution in [0.15, 0.2) is 0 Å². The Balaban J connectivity index is 2.48. The number of alkyl halides is 3. The van der Waals surface area contributed by atoms with Crippen molar-refractivity contribution in [2.75, 3.05) is 13.1 Å². The Morgan fingerprint density at radius 3 is 2.42 bits per heavy atom. The van der Waals surface area contributed by atoms with Crippen LogP contribution in [0.1, 0.15) is 13.3 Å². The van der Waals surface area contributed by atoms with E-state index in [4.69, 9.17) is 5.11 Å². The third-order valence-corrected chi connectivity index (χ3v) is 2.22. The van der Waals surface area contributed by atoms with Gasteiger partial charge in [0.1, 0.15) is 6.04 Å². The van der Waals surface area contributed by atoms with Gasteiger partial charge in [0, 0.05) is 13.1 Å². The lowest BCUT2D eigenvalue weighted by molar-refractivity contribution is -0.176. The highest BCUT2D eigenvalue weighted by Crippen LogP contribution is 2.26. The quantitative estimate of drug-likeness (QED) is 0.655. The molecule has 1 aliphatic rings. The fourth-order valence-electron chi connectivity index (χ4n) is 1.33. The highest BCUT2D eigenvalue weighted by molar-refractivity contribution is 4.82. The Hall–Kier alpha value is -0.290. The maximum Gasteiger partial charge on any atom is 0.403 e. The topological polar surface area (TPSA) is 23.5 Å². The van der Waals surface area contributed by atoms with Crippen LogP contribution >= 0.6 is 0 Å². The molecule has 0 aliphatic carbocycles. The summed E-state index contributed by atoms with van der Waals surface area (Å²) in [5.74, 6) is 0. The molecule has 2 atom stereocenters. The zero-order valence-electron chi connectivity index (χ0n) is 6.80. The van der Waals surface area contributed by atoms with Gasteiger partial charge in [-0.15, -0.1) is 0 Å². The second-order valence-electron chi connectivity index (χ2n) is 3.16. The second-order valence-corrected chi connectivity index (χ2v) is 3.16. The molecular weight excluding hydrogens is 171 g/mol. The van der Waals surface area contributed by atoms with Gasteiger partial charge in [-0.3, -0.25) is 4.90 Å². The van der Waals surface area contributed by atoms with Gasteiger partial charge in [-0.1, -0.05) is 0 Å². The van der Waals surface area contributed by atoms with Gasteiger partial charge in [-0.25, -0.2) is 0 Å². The molecule has 1 rings (SSSR count). The van der Waals surface area contributed by atoms with Crippen molar-refractivity contribution < 1.29 is 18.3 Å². The van der Waals surface area contributed by atoms with Gasteiger partial charge in [-0.2, -0.15) is 13.2 Å². The van der Waals surface area contributed by atoms with E-state index in [0.717, 1.165) is 6.92 Å². The van der Waals surface area contributed by atoms with Crippen molar-refractivity contribution in [1.29, 1.82) is 0 Å². The molecule has 1 fully saturated rings. The number of hydrogen-bond donors (Lipinski definition) is 1. The fraction of sp³-hybridized carbons (Fsp3) is 1.00. The summed E-state index contributed by atoms with van der Waals surface area (Å²) in [6, 6.07) is -1.44. The Morgan fingerprint density at radius 2 is 2.08 bits per heavy atom. The van der Waals surface area contributed by atoms with E-state index in [1.165, 1.54) is 4.90 Å². The number of aliphatic hydroxyl groups is 1. The van der Waals surface area contributed by atoms with Crippen LogP contribution in [0.2, 0.25) is 0 Å². The second kappa shape index (κ2) is 3.22. The third-order valence-electron chi connectivity index (χ3n) is 2.22. The van der Waals surface area contributed by atoms with Crippen molar-refractivity contribution in [1.82, 2.24) is 4.90 Å². The predicted octanol–water partition coefficient (Wildman–Crippen LogP) is 1.00. The summed E-state index contributed by atoms with van der Waals surface area (Å²) in [5, 5.41) is 9.01. The van der Waals surface area contributed by atoms with Crippen molar-refractivity contribution in [3.05, 3.63) is 0 Å². The molecule has 0 aromatic rings. The number of β-amino-alcohol motifs (C(OH)–C–C–N with tert-alkyl or cyclic N) is 1. The molecule has 0 amide bonds.